The highest BCUT2D eigenvalue weighted by atomic mass is 32.1. The van der Waals surface area contributed by atoms with Crippen LogP contribution in [0.4, 0.5) is 0 Å². The topological polar surface area (TPSA) is 61.9 Å². The van der Waals surface area contributed by atoms with Gasteiger partial charge in [-0.3, -0.25) is 4.79 Å². The van der Waals surface area contributed by atoms with Gasteiger partial charge in [-0.25, -0.2) is 4.98 Å². The van der Waals surface area contributed by atoms with E-state index in [1.807, 2.05) is 28.5 Å². The van der Waals surface area contributed by atoms with Crippen molar-refractivity contribution in [3.8, 4) is 0 Å². The summed E-state index contributed by atoms with van der Waals surface area (Å²) in [5.41, 5.74) is 2.70. The molecule has 23 heavy (non-hydrogen) atoms. The summed E-state index contributed by atoms with van der Waals surface area (Å²) < 4.78 is 4.14. The zero-order valence-corrected chi connectivity index (χ0v) is 13.6. The van der Waals surface area contributed by atoms with E-state index in [-0.39, 0.29) is 5.91 Å². The Morgan fingerprint density at radius 1 is 1.26 bits per heavy atom. The zero-order chi connectivity index (χ0) is 15.6. The SMILES string of the molecule is O=C(c1ccsn1)N1CCC(Cc2nc3ccccc3[nH]2)CC1. The molecular weight excluding hydrogens is 308 g/mol. The number of nitrogens with zero attached hydrogens (tertiary/aromatic N) is 3. The Balaban J connectivity index is 1.37. The van der Waals surface area contributed by atoms with Crippen LogP contribution < -0.4 is 0 Å². The first-order valence-corrected chi connectivity index (χ1v) is 8.76. The molecule has 3 heterocycles. The van der Waals surface area contributed by atoms with Crippen LogP contribution >= 0.6 is 11.5 Å². The average Bonchev–Trinajstić information content (AvgIpc) is 3.24. The molecule has 0 unspecified atom stereocenters. The van der Waals surface area contributed by atoms with Crippen LogP contribution in [-0.2, 0) is 6.42 Å². The molecule has 0 saturated carbocycles. The Labute approximate surface area is 138 Å². The summed E-state index contributed by atoms with van der Waals surface area (Å²) in [4.78, 5) is 22.3. The Bertz CT molecular complexity index is 770. The maximum atomic E-state index is 12.3. The van der Waals surface area contributed by atoms with E-state index in [0.29, 0.717) is 11.6 Å². The summed E-state index contributed by atoms with van der Waals surface area (Å²) >= 11 is 1.33. The second-order valence-electron chi connectivity index (χ2n) is 6.03. The zero-order valence-electron chi connectivity index (χ0n) is 12.7. The lowest BCUT2D eigenvalue weighted by Crippen LogP contribution is -2.39. The van der Waals surface area contributed by atoms with Gasteiger partial charge in [0.1, 0.15) is 11.5 Å². The van der Waals surface area contributed by atoms with E-state index in [1.165, 1.54) is 11.5 Å². The van der Waals surface area contributed by atoms with E-state index in [1.54, 1.807) is 6.07 Å². The van der Waals surface area contributed by atoms with Crippen LogP contribution in [0.3, 0.4) is 0 Å². The molecule has 4 rings (SSSR count). The Morgan fingerprint density at radius 2 is 2.09 bits per heavy atom. The van der Waals surface area contributed by atoms with Crippen LogP contribution in [0.1, 0.15) is 29.2 Å². The highest BCUT2D eigenvalue weighted by Gasteiger charge is 2.25. The number of rotatable bonds is 3. The van der Waals surface area contributed by atoms with Crippen LogP contribution in [0.25, 0.3) is 11.0 Å². The summed E-state index contributed by atoms with van der Waals surface area (Å²) in [7, 11) is 0. The van der Waals surface area contributed by atoms with Crippen molar-refractivity contribution in [3.05, 3.63) is 47.2 Å². The van der Waals surface area contributed by atoms with Gasteiger partial charge >= 0.3 is 0 Å². The Morgan fingerprint density at radius 3 is 2.83 bits per heavy atom. The van der Waals surface area contributed by atoms with Crippen molar-refractivity contribution in [2.24, 2.45) is 5.92 Å². The van der Waals surface area contributed by atoms with Gasteiger partial charge < -0.3 is 9.88 Å². The number of fused-ring (bicyclic) bond motifs is 1. The number of piperidine rings is 1. The third-order valence-corrected chi connectivity index (χ3v) is 5.04. The number of nitrogens with one attached hydrogen (secondary N) is 1. The Kier molecular flexibility index (Phi) is 3.83. The van der Waals surface area contributed by atoms with E-state index < -0.39 is 0 Å². The molecule has 0 radical (unpaired) electrons. The fourth-order valence-electron chi connectivity index (χ4n) is 3.20. The number of likely N-dealkylation sites (tertiary alicyclic amines) is 1. The highest BCUT2D eigenvalue weighted by Crippen LogP contribution is 2.23. The lowest BCUT2D eigenvalue weighted by Gasteiger charge is -2.31. The molecule has 1 saturated heterocycles. The summed E-state index contributed by atoms with van der Waals surface area (Å²) in [6.45, 7) is 1.61. The maximum absolute atomic E-state index is 12.3. The van der Waals surface area contributed by atoms with Gasteiger partial charge in [-0.2, -0.15) is 4.37 Å². The van der Waals surface area contributed by atoms with Gasteiger partial charge in [0.15, 0.2) is 0 Å². The Hall–Kier alpha value is -2.21. The first-order valence-electron chi connectivity index (χ1n) is 7.93. The van der Waals surface area contributed by atoms with Crippen LogP contribution in [-0.4, -0.2) is 38.2 Å². The van der Waals surface area contributed by atoms with Crippen LogP contribution in [0, 0.1) is 5.92 Å². The quantitative estimate of drug-likeness (QED) is 0.804. The van der Waals surface area contributed by atoms with E-state index in [4.69, 9.17) is 0 Å². The number of carbonyl (C=O) groups excluding carboxylic acids is 1. The van der Waals surface area contributed by atoms with E-state index in [9.17, 15) is 4.79 Å². The third-order valence-electron chi connectivity index (χ3n) is 4.48. The number of imidazole rings is 1. The first kappa shape index (κ1) is 14.4. The number of carbonyl (C=O) groups is 1. The predicted molar refractivity (Wildman–Crippen MR) is 90.5 cm³/mol. The number of aromatic amines is 1. The van der Waals surface area contributed by atoms with Crippen molar-refractivity contribution in [1.29, 1.82) is 0 Å². The lowest BCUT2D eigenvalue weighted by atomic mass is 9.93. The summed E-state index contributed by atoms with van der Waals surface area (Å²) in [6, 6.07) is 9.92. The van der Waals surface area contributed by atoms with Gasteiger partial charge in [0.2, 0.25) is 0 Å². The molecule has 1 fully saturated rings. The minimum Gasteiger partial charge on any atom is -0.342 e. The molecule has 0 bridgehead atoms. The number of H-pyrrole nitrogens is 1. The summed E-state index contributed by atoms with van der Waals surface area (Å²) in [5.74, 6) is 1.69. The molecule has 1 N–H and O–H groups in total. The molecular formula is C17H18N4OS. The molecule has 0 spiro atoms. The summed E-state index contributed by atoms with van der Waals surface area (Å²) in [6.07, 6.45) is 2.99. The molecule has 2 aromatic heterocycles. The molecule has 5 nitrogen and oxygen atoms in total. The van der Waals surface area contributed by atoms with Gasteiger partial charge in [-0.15, -0.1) is 0 Å². The molecule has 1 aromatic carbocycles. The van der Waals surface area contributed by atoms with Gasteiger partial charge in [-0.1, -0.05) is 12.1 Å². The van der Waals surface area contributed by atoms with Crippen LogP contribution in [0.5, 0.6) is 0 Å². The van der Waals surface area contributed by atoms with Crippen molar-refractivity contribution in [2.75, 3.05) is 13.1 Å². The first-order chi connectivity index (χ1) is 11.3. The van der Waals surface area contributed by atoms with E-state index in [2.05, 4.69) is 20.4 Å². The fraction of sp³-hybridized carbons (Fsp3) is 0.353. The van der Waals surface area contributed by atoms with Crippen LogP contribution in [0.2, 0.25) is 0 Å². The molecule has 1 aliphatic heterocycles. The van der Waals surface area contributed by atoms with Gasteiger partial charge in [0, 0.05) is 24.9 Å². The average molecular weight is 326 g/mol. The molecule has 6 heteroatoms. The molecule has 1 aliphatic rings. The third kappa shape index (κ3) is 2.99. The molecule has 0 aliphatic carbocycles. The maximum Gasteiger partial charge on any atom is 0.273 e. The number of amides is 1. The van der Waals surface area contributed by atoms with E-state index >= 15 is 0 Å². The minimum atomic E-state index is 0.0634. The fourth-order valence-corrected chi connectivity index (χ4v) is 3.70. The van der Waals surface area contributed by atoms with Crippen LogP contribution in [0.15, 0.2) is 35.7 Å². The predicted octanol–water partition coefficient (Wildman–Crippen LogP) is 3.11. The summed E-state index contributed by atoms with van der Waals surface area (Å²) in [5, 5.41) is 1.85. The molecule has 1 amide bonds. The number of benzene rings is 1. The number of hydrogen-bond acceptors (Lipinski definition) is 4. The largest absolute Gasteiger partial charge is 0.342 e. The normalized spacial score (nSPS) is 16.1. The van der Waals surface area contributed by atoms with E-state index in [0.717, 1.165) is 49.2 Å². The van der Waals surface area contributed by atoms with Gasteiger partial charge in [0.25, 0.3) is 5.91 Å². The minimum absolute atomic E-state index is 0.0634. The number of para-hydroxylation sites is 2. The van der Waals surface area contributed by atoms with Crippen molar-refractivity contribution < 1.29 is 4.79 Å². The van der Waals surface area contributed by atoms with Crippen molar-refractivity contribution in [3.63, 3.8) is 0 Å². The van der Waals surface area contributed by atoms with Crippen molar-refractivity contribution in [2.45, 2.75) is 19.3 Å². The second-order valence-corrected chi connectivity index (χ2v) is 6.69. The molecule has 3 aromatic rings. The molecule has 118 valence electrons. The molecule has 0 atom stereocenters. The smallest absolute Gasteiger partial charge is 0.273 e. The van der Waals surface area contributed by atoms with Gasteiger partial charge in [0.05, 0.1) is 11.0 Å². The van der Waals surface area contributed by atoms with Crippen molar-refractivity contribution >= 4 is 28.5 Å². The number of aromatic nitrogens is 3. The lowest BCUT2D eigenvalue weighted by molar-refractivity contribution is 0.0685. The standard InChI is InChI=1S/C17H18N4OS/c22-17(15-7-10-23-20-15)21-8-5-12(6-9-21)11-16-18-13-3-1-2-4-14(13)19-16/h1-4,7,10,12H,5-6,8-9,11H2,(H,18,19). The second kappa shape index (κ2) is 6.12. The van der Waals surface area contributed by atoms with Crippen molar-refractivity contribution in [1.82, 2.24) is 19.2 Å². The highest BCUT2D eigenvalue weighted by molar-refractivity contribution is 7.03. The number of hydrogen-bond donors (Lipinski definition) is 1. The van der Waals surface area contributed by atoms with Gasteiger partial charge in [-0.05, 0) is 48.5 Å². The monoisotopic (exact) mass is 326 g/mol.